The van der Waals surface area contributed by atoms with Crippen molar-refractivity contribution in [2.75, 3.05) is 6.61 Å². The number of aliphatic hydroxyl groups excluding tert-OH is 1. The van der Waals surface area contributed by atoms with Crippen LogP contribution in [0.15, 0.2) is 6.20 Å². The fourth-order valence-corrected chi connectivity index (χ4v) is 1.15. The average Bonchev–Trinajstić information content (AvgIpc) is 2.43. The summed E-state index contributed by atoms with van der Waals surface area (Å²) in [5.41, 5.74) is 0.172. The quantitative estimate of drug-likeness (QED) is 0.704. The molecule has 0 radical (unpaired) electrons. The van der Waals surface area contributed by atoms with Crippen LogP contribution in [0.1, 0.15) is 22.7 Å². The highest BCUT2D eigenvalue weighted by Crippen LogP contribution is 2.05. The van der Waals surface area contributed by atoms with Crippen LogP contribution in [0.5, 0.6) is 0 Å². The monoisotopic (exact) mass is 184 g/mol. The lowest BCUT2D eigenvalue weighted by molar-refractivity contribution is 0.0684. The predicted octanol–water partition coefficient (Wildman–Crippen LogP) is 0.272. The Morgan fingerprint density at radius 2 is 2.38 bits per heavy atom. The van der Waals surface area contributed by atoms with E-state index in [4.69, 9.17) is 10.2 Å². The number of aryl methyl sites for hydroxylation is 1. The van der Waals surface area contributed by atoms with Crippen molar-refractivity contribution in [3.05, 3.63) is 17.7 Å². The summed E-state index contributed by atoms with van der Waals surface area (Å²) in [4.78, 5) is 14.6. The molecule has 0 aromatic carbocycles. The van der Waals surface area contributed by atoms with Gasteiger partial charge in [-0.2, -0.15) is 0 Å². The smallest absolute Gasteiger partial charge is 0.354 e. The zero-order chi connectivity index (χ0) is 9.84. The Morgan fingerprint density at radius 3 is 2.92 bits per heavy atom. The summed E-state index contributed by atoms with van der Waals surface area (Å²) in [7, 11) is 0. The third-order valence-electron chi connectivity index (χ3n) is 1.81. The lowest BCUT2D eigenvalue weighted by atomic mass is 10.4. The summed E-state index contributed by atoms with van der Waals surface area (Å²) in [5, 5.41) is 17.4. The Morgan fingerprint density at radius 1 is 1.69 bits per heavy atom. The maximum Gasteiger partial charge on any atom is 0.354 e. The molecule has 0 saturated heterocycles. The van der Waals surface area contributed by atoms with Crippen molar-refractivity contribution >= 4 is 5.97 Å². The fourth-order valence-electron chi connectivity index (χ4n) is 1.15. The van der Waals surface area contributed by atoms with Crippen LogP contribution in [0.4, 0.5) is 0 Å². The van der Waals surface area contributed by atoms with Crippen LogP contribution in [0.3, 0.4) is 0 Å². The molecule has 5 heteroatoms. The molecule has 1 aromatic heterocycles. The molecular weight excluding hydrogens is 172 g/mol. The molecule has 5 nitrogen and oxygen atoms in total. The Hall–Kier alpha value is -1.36. The summed E-state index contributed by atoms with van der Waals surface area (Å²) in [6, 6.07) is 0. The van der Waals surface area contributed by atoms with Gasteiger partial charge in [0.15, 0.2) is 0 Å². The highest BCUT2D eigenvalue weighted by Gasteiger charge is 2.11. The lowest BCUT2D eigenvalue weighted by Gasteiger charge is -2.05. The van der Waals surface area contributed by atoms with E-state index in [0.29, 0.717) is 18.8 Å². The normalized spacial score (nSPS) is 10.3. The van der Waals surface area contributed by atoms with Gasteiger partial charge in [-0.1, -0.05) is 0 Å². The van der Waals surface area contributed by atoms with E-state index in [1.54, 1.807) is 11.5 Å². The molecule has 0 aliphatic carbocycles. The first-order chi connectivity index (χ1) is 6.16. The molecule has 0 spiro atoms. The highest BCUT2D eigenvalue weighted by atomic mass is 16.4. The van der Waals surface area contributed by atoms with Gasteiger partial charge in [0.05, 0.1) is 6.20 Å². The summed E-state index contributed by atoms with van der Waals surface area (Å²) in [6.45, 7) is 2.28. The van der Waals surface area contributed by atoms with Crippen LogP contribution in [0, 0.1) is 6.92 Å². The fraction of sp³-hybridized carbons (Fsp3) is 0.500. The maximum absolute atomic E-state index is 10.7. The zero-order valence-corrected chi connectivity index (χ0v) is 7.40. The van der Waals surface area contributed by atoms with E-state index in [9.17, 15) is 4.79 Å². The molecular formula is C8H12N2O3. The SMILES string of the molecule is Cc1ncc(C(=O)O)n1CCCO. The average molecular weight is 184 g/mol. The number of carboxylic acid groups (broad SMARTS) is 1. The molecule has 0 aliphatic heterocycles. The number of carbonyl (C=O) groups is 1. The van der Waals surface area contributed by atoms with Gasteiger partial charge in [0, 0.05) is 13.2 Å². The van der Waals surface area contributed by atoms with Crippen LogP contribution in [0.2, 0.25) is 0 Å². The summed E-state index contributed by atoms with van der Waals surface area (Å²) in [6.07, 6.45) is 1.87. The molecule has 72 valence electrons. The molecule has 2 N–H and O–H groups in total. The van der Waals surface area contributed by atoms with E-state index < -0.39 is 5.97 Å². The molecule has 1 aromatic rings. The van der Waals surface area contributed by atoms with Gasteiger partial charge in [-0.15, -0.1) is 0 Å². The first-order valence-corrected chi connectivity index (χ1v) is 4.03. The first kappa shape index (κ1) is 9.73. The largest absolute Gasteiger partial charge is 0.477 e. The third kappa shape index (κ3) is 2.06. The minimum atomic E-state index is -0.987. The summed E-state index contributed by atoms with van der Waals surface area (Å²) in [5.74, 6) is -0.329. The van der Waals surface area contributed by atoms with E-state index in [1.807, 2.05) is 0 Å². The van der Waals surface area contributed by atoms with Crippen molar-refractivity contribution < 1.29 is 15.0 Å². The molecule has 0 bridgehead atoms. The number of imidazole rings is 1. The number of aromatic nitrogens is 2. The van der Waals surface area contributed by atoms with Gasteiger partial charge in [0.25, 0.3) is 0 Å². The number of rotatable bonds is 4. The van der Waals surface area contributed by atoms with Crippen LogP contribution < -0.4 is 0 Å². The summed E-state index contributed by atoms with van der Waals surface area (Å²) < 4.78 is 1.58. The van der Waals surface area contributed by atoms with E-state index >= 15 is 0 Å². The summed E-state index contributed by atoms with van der Waals surface area (Å²) >= 11 is 0. The van der Waals surface area contributed by atoms with Crippen molar-refractivity contribution in [2.45, 2.75) is 19.9 Å². The Balaban J connectivity index is 2.88. The maximum atomic E-state index is 10.7. The van der Waals surface area contributed by atoms with Crippen molar-refractivity contribution in [2.24, 2.45) is 0 Å². The molecule has 0 atom stereocenters. The van der Waals surface area contributed by atoms with Gasteiger partial charge in [-0.3, -0.25) is 0 Å². The molecule has 0 aliphatic rings. The number of aromatic carboxylic acids is 1. The van der Waals surface area contributed by atoms with E-state index in [2.05, 4.69) is 4.98 Å². The number of carboxylic acids is 1. The van der Waals surface area contributed by atoms with E-state index in [-0.39, 0.29) is 12.3 Å². The third-order valence-corrected chi connectivity index (χ3v) is 1.81. The van der Waals surface area contributed by atoms with Crippen molar-refractivity contribution in [3.8, 4) is 0 Å². The molecule has 0 fully saturated rings. The van der Waals surface area contributed by atoms with Gasteiger partial charge < -0.3 is 14.8 Å². The second kappa shape index (κ2) is 4.04. The molecule has 0 saturated carbocycles. The Bertz CT molecular complexity index is 306. The van der Waals surface area contributed by atoms with Crippen LogP contribution in [-0.4, -0.2) is 32.3 Å². The van der Waals surface area contributed by atoms with Crippen LogP contribution in [-0.2, 0) is 6.54 Å². The van der Waals surface area contributed by atoms with Gasteiger partial charge >= 0.3 is 5.97 Å². The molecule has 13 heavy (non-hydrogen) atoms. The second-order valence-corrected chi connectivity index (χ2v) is 2.72. The predicted molar refractivity (Wildman–Crippen MR) is 45.6 cm³/mol. The van der Waals surface area contributed by atoms with Crippen molar-refractivity contribution in [1.29, 1.82) is 0 Å². The number of hydrogen-bond donors (Lipinski definition) is 2. The topological polar surface area (TPSA) is 75.3 Å². The zero-order valence-electron chi connectivity index (χ0n) is 7.40. The standard InChI is InChI=1S/C8H12N2O3/c1-6-9-5-7(8(12)13)10(6)3-2-4-11/h5,11H,2-4H2,1H3,(H,12,13). The van der Waals surface area contributed by atoms with Crippen LogP contribution >= 0.6 is 0 Å². The number of nitrogens with zero attached hydrogens (tertiary/aromatic N) is 2. The number of aliphatic hydroxyl groups is 1. The Labute approximate surface area is 75.6 Å². The minimum absolute atomic E-state index is 0.0523. The van der Waals surface area contributed by atoms with Gasteiger partial charge in [-0.05, 0) is 13.3 Å². The molecule has 0 unspecified atom stereocenters. The van der Waals surface area contributed by atoms with Crippen LogP contribution in [0.25, 0.3) is 0 Å². The lowest BCUT2D eigenvalue weighted by Crippen LogP contribution is -2.10. The Kier molecular flexibility index (Phi) is 3.02. The molecule has 1 rings (SSSR count). The molecule has 1 heterocycles. The van der Waals surface area contributed by atoms with Gasteiger partial charge in [0.1, 0.15) is 11.5 Å². The van der Waals surface area contributed by atoms with E-state index in [0.717, 1.165) is 0 Å². The molecule has 0 amide bonds. The second-order valence-electron chi connectivity index (χ2n) is 2.72. The van der Waals surface area contributed by atoms with Gasteiger partial charge in [-0.25, -0.2) is 9.78 Å². The first-order valence-electron chi connectivity index (χ1n) is 4.03. The highest BCUT2D eigenvalue weighted by molar-refractivity contribution is 5.85. The minimum Gasteiger partial charge on any atom is -0.477 e. The van der Waals surface area contributed by atoms with Gasteiger partial charge in [0.2, 0.25) is 0 Å². The number of hydrogen-bond acceptors (Lipinski definition) is 3. The van der Waals surface area contributed by atoms with E-state index in [1.165, 1.54) is 6.20 Å². The van der Waals surface area contributed by atoms with Crippen molar-refractivity contribution in [3.63, 3.8) is 0 Å². The van der Waals surface area contributed by atoms with Crippen molar-refractivity contribution in [1.82, 2.24) is 9.55 Å².